The van der Waals surface area contributed by atoms with Crippen LogP contribution in [-0.4, -0.2) is 102 Å². The van der Waals surface area contributed by atoms with Gasteiger partial charge in [0.2, 0.25) is 41.0 Å². The highest BCUT2D eigenvalue weighted by atomic mass is 19.2. The lowest BCUT2D eigenvalue weighted by Crippen LogP contribution is -2.54. The summed E-state index contributed by atoms with van der Waals surface area (Å²) in [7, 11) is 0. The van der Waals surface area contributed by atoms with Gasteiger partial charge in [0.1, 0.15) is 30.5 Å². The number of cyclic esters (lactones) is 1. The number of nitrogens with one attached hydrogen (secondary N) is 5. The Labute approximate surface area is 454 Å². The first-order chi connectivity index (χ1) is 38.1. The number of hydrogen-bond donors (Lipinski definition) is 6. The molecule has 3 aliphatic rings. The standard InChI is InChI=1S/C55H58F5N7O13/c1-6-55(75)35-19-41-48-33(22-67(41)53(73)34(35)24-79-54(55)74)45-39(12-11-32-26(2)36(56)21-40(66-48)44(32)45)61-25-78-23-30-7-9-31(10-8-30)65-52(72)29(5)64-51(71)28(4)63-50(70)27(3)62-42(68)13-15-76-17-18-77-16-14-43(69)80-49-46(59)37(57)20-38(58)47(49)60/h7-10,19-21,27-29,39,61,75H,6,11-18,22-25H2,1-5H3,(H,62,68)(H,63,70)(H,64,71)(H,65,72)/t27-,28-,29-,39?,55-/m0/s1. The number of halogens is 5. The van der Waals surface area contributed by atoms with Crippen molar-refractivity contribution in [2.45, 2.75) is 116 Å². The van der Waals surface area contributed by atoms with Gasteiger partial charge in [0.15, 0.2) is 17.2 Å². The van der Waals surface area contributed by atoms with Crippen LogP contribution in [0.25, 0.3) is 22.3 Å². The zero-order valence-corrected chi connectivity index (χ0v) is 44.2. The number of pyridine rings is 2. The Kier molecular flexibility index (Phi) is 18.1. The molecule has 1 unspecified atom stereocenters. The second-order valence-electron chi connectivity index (χ2n) is 19.5. The third-order valence-electron chi connectivity index (χ3n) is 14.2. The highest BCUT2D eigenvalue weighted by molar-refractivity contribution is 5.99. The number of amides is 4. The molecule has 5 atom stereocenters. The van der Waals surface area contributed by atoms with Crippen molar-refractivity contribution in [2.75, 3.05) is 38.5 Å². The van der Waals surface area contributed by atoms with E-state index in [0.29, 0.717) is 41.0 Å². The van der Waals surface area contributed by atoms with Crippen LogP contribution < -0.4 is 36.9 Å². The summed E-state index contributed by atoms with van der Waals surface area (Å²) in [5.74, 6) is -13.6. The Morgan fingerprint density at radius 1 is 0.800 bits per heavy atom. The minimum absolute atomic E-state index is 0.0109. The fourth-order valence-corrected chi connectivity index (χ4v) is 9.66. The predicted molar refractivity (Wildman–Crippen MR) is 274 cm³/mol. The molecule has 8 rings (SSSR count). The quantitative estimate of drug-likeness (QED) is 0.0127. The van der Waals surface area contributed by atoms with Gasteiger partial charge in [-0.3, -0.25) is 34.1 Å². The lowest BCUT2D eigenvalue weighted by Gasteiger charge is -2.31. The van der Waals surface area contributed by atoms with E-state index in [9.17, 15) is 56.2 Å². The summed E-state index contributed by atoms with van der Waals surface area (Å²) < 4.78 is 97.0. The van der Waals surface area contributed by atoms with Crippen LogP contribution in [0.2, 0.25) is 0 Å². The number of ether oxygens (including phenoxy) is 5. The van der Waals surface area contributed by atoms with E-state index in [1.54, 1.807) is 48.7 Å². The topological polar surface area (TPSA) is 264 Å². The summed E-state index contributed by atoms with van der Waals surface area (Å²) in [5.41, 5.74) is 3.51. The number of rotatable bonds is 23. The first kappa shape index (κ1) is 58.4. The maximum atomic E-state index is 15.4. The third kappa shape index (κ3) is 12.4. The molecule has 0 bridgehead atoms. The lowest BCUT2D eigenvalue weighted by molar-refractivity contribution is -0.172. The average molecular weight is 1120 g/mol. The number of benzene rings is 3. The maximum Gasteiger partial charge on any atom is 0.343 e. The van der Waals surface area contributed by atoms with Gasteiger partial charge in [-0.1, -0.05) is 19.1 Å². The molecule has 3 aromatic carbocycles. The van der Waals surface area contributed by atoms with Crippen molar-refractivity contribution in [3.05, 3.63) is 121 Å². The number of esters is 2. The maximum absolute atomic E-state index is 15.4. The Hall–Kier alpha value is -7.71. The van der Waals surface area contributed by atoms with E-state index in [-0.39, 0.29) is 89.0 Å². The number of carbonyl (C=O) groups excluding carboxylic acids is 6. The van der Waals surface area contributed by atoms with Crippen molar-refractivity contribution >= 4 is 52.2 Å². The summed E-state index contributed by atoms with van der Waals surface area (Å²) in [6.45, 7) is 7.36. The predicted octanol–water partition coefficient (Wildman–Crippen LogP) is 4.71. The second kappa shape index (κ2) is 24.8. The molecule has 0 spiro atoms. The van der Waals surface area contributed by atoms with Crippen molar-refractivity contribution in [1.82, 2.24) is 30.8 Å². The molecule has 0 saturated carbocycles. The van der Waals surface area contributed by atoms with Crippen LogP contribution >= 0.6 is 0 Å². The molecular weight excluding hydrogens is 1060 g/mol. The van der Waals surface area contributed by atoms with E-state index in [1.807, 2.05) is 0 Å². The number of fused-ring (bicyclic) bond motifs is 5. The van der Waals surface area contributed by atoms with Crippen LogP contribution in [0.15, 0.2) is 47.3 Å². The number of aromatic nitrogens is 2. The second-order valence-corrected chi connectivity index (χ2v) is 19.5. The van der Waals surface area contributed by atoms with Crippen molar-refractivity contribution in [3.63, 3.8) is 0 Å². The smallest absolute Gasteiger partial charge is 0.343 e. The van der Waals surface area contributed by atoms with Gasteiger partial charge in [-0.2, -0.15) is 8.78 Å². The summed E-state index contributed by atoms with van der Waals surface area (Å²) in [4.78, 5) is 94.6. The average Bonchev–Trinajstić information content (AvgIpc) is 4.04. The molecule has 0 radical (unpaired) electrons. The Bertz CT molecular complexity index is 3320. The summed E-state index contributed by atoms with van der Waals surface area (Å²) in [6.07, 6.45) is 0.470. The SMILES string of the molecule is CC[C@@]1(O)C(=O)OCc2c1cc1n(c2=O)Cc2c-1nc1cc(F)c(C)c3c1c2C(NCOCc1ccc(NC(=O)[C@H](C)NC(=O)[C@H](C)NC(=O)[C@H](C)NC(=O)CCOCCOCCC(=O)Oc2c(F)c(F)cc(F)c2F)cc1)CC3. The monoisotopic (exact) mass is 1120 g/mol. The molecule has 5 aromatic rings. The van der Waals surface area contributed by atoms with Gasteiger partial charge >= 0.3 is 11.9 Å². The van der Waals surface area contributed by atoms with E-state index >= 15 is 4.39 Å². The molecule has 2 aliphatic heterocycles. The molecular formula is C55H58F5N7O13. The number of aliphatic hydroxyl groups is 1. The third-order valence-corrected chi connectivity index (χ3v) is 14.2. The Morgan fingerprint density at radius 2 is 1.44 bits per heavy atom. The molecule has 1 aliphatic carbocycles. The van der Waals surface area contributed by atoms with E-state index in [2.05, 4.69) is 31.3 Å². The van der Waals surface area contributed by atoms with Gasteiger partial charge in [-0.05, 0) is 87.4 Å². The van der Waals surface area contributed by atoms with Crippen LogP contribution in [0.3, 0.4) is 0 Å². The van der Waals surface area contributed by atoms with Gasteiger partial charge in [-0.25, -0.2) is 22.9 Å². The van der Waals surface area contributed by atoms with Gasteiger partial charge in [0.05, 0.1) is 75.2 Å². The first-order valence-corrected chi connectivity index (χ1v) is 25.7. The van der Waals surface area contributed by atoms with Crippen LogP contribution in [0, 0.1) is 36.0 Å². The molecule has 0 saturated heterocycles. The molecule has 4 amide bonds. The molecule has 80 heavy (non-hydrogen) atoms. The van der Waals surface area contributed by atoms with Crippen molar-refractivity contribution in [1.29, 1.82) is 0 Å². The largest absolute Gasteiger partial charge is 0.458 e. The number of carbonyl (C=O) groups is 6. The normalized spacial score (nSPS) is 17.1. The van der Waals surface area contributed by atoms with Gasteiger partial charge in [0.25, 0.3) is 5.56 Å². The highest BCUT2D eigenvalue weighted by Crippen LogP contribution is 2.46. The van der Waals surface area contributed by atoms with Crippen LogP contribution in [0.4, 0.5) is 27.6 Å². The van der Waals surface area contributed by atoms with Crippen molar-refractivity contribution < 1.29 is 79.5 Å². The number of hydrogen-bond acceptors (Lipinski definition) is 15. The van der Waals surface area contributed by atoms with E-state index in [1.165, 1.54) is 26.8 Å². The van der Waals surface area contributed by atoms with Crippen LogP contribution in [-0.2, 0) is 79.5 Å². The number of aryl methyl sites for hydroxylation is 1. The van der Waals surface area contributed by atoms with Crippen molar-refractivity contribution in [2.24, 2.45) is 0 Å². The minimum Gasteiger partial charge on any atom is -0.458 e. The van der Waals surface area contributed by atoms with E-state index in [4.69, 9.17) is 23.9 Å². The van der Waals surface area contributed by atoms with Gasteiger partial charge in [0, 0.05) is 46.8 Å². The molecule has 20 nitrogen and oxygen atoms in total. The highest BCUT2D eigenvalue weighted by Gasteiger charge is 2.46. The lowest BCUT2D eigenvalue weighted by atomic mass is 9.81. The van der Waals surface area contributed by atoms with E-state index < -0.39 is 106 Å². The summed E-state index contributed by atoms with van der Waals surface area (Å²) in [5, 5.41) is 25.9. The summed E-state index contributed by atoms with van der Waals surface area (Å²) >= 11 is 0. The van der Waals surface area contributed by atoms with Crippen LogP contribution in [0.5, 0.6) is 5.75 Å². The molecule has 25 heteroatoms. The van der Waals surface area contributed by atoms with E-state index in [0.717, 1.165) is 27.6 Å². The fraction of sp³-hybridized carbons (Fsp3) is 0.418. The van der Waals surface area contributed by atoms with Gasteiger partial charge in [-0.15, -0.1) is 0 Å². The Morgan fingerprint density at radius 3 is 2.10 bits per heavy atom. The fourth-order valence-electron chi connectivity index (χ4n) is 9.66. The van der Waals surface area contributed by atoms with Crippen LogP contribution in [0.1, 0.15) is 98.4 Å². The zero-order chi connectivity index (χ0) is 57.7. The van der Waals surface area contributed by atoms with Gasteiger partial charge < -0.3 is 54.6 Å². The number of nitrogens with zero attached hydrogens (tertiary/aromatic N) is 2. The molecule has 6 N–H and O–H groups in total. The Balaban J connectivity index is 0.743. The molecule has 426 valence electrons. The minimum atomic E-state index is -2.00. The zero-order valence-electron chi connectivity index (χ0n) is 44.2. The molecule has 0 fully saturated rings. The molecule has 2 aromatic heterocycles. The first-order valence-electron chi connectivity index (χ1n) is 25.7. The van der Waals surface area contributed by atoms with Crippen molar-refractivity contribution in [3.8, 4) is 17.1 Å². The number of anilines is 1. The summed E-state index contributed by atoms with van der Waals surface area (Å²) in [6, 6.07) is 6.40. The molecule has 4 heterocycles.